The lowest BCUT2D eigenvalue weighted by Gasteiger charge is -2.34. The SMILES string of the molecule is C=CC1N=C(Cn2cnc3c(N)ncnc32)N(C2=CCCC=C2C)C=C1C(C)C=O. The molecule has 0 bridgehead atoms. The molecule has 3 heterocycles. The first-order valence-electron chi connectivity index (χ1n) is 9.97. The predicted octanol–water partition coefficient (Wildman–Crippen LogP) is 3.02. The van der Waals surface area contributed by atoms with Gasteiger partial charge in [-0.1, -0.05) is 25.2 Å². The van der Waals surface area contributed by atoms with E-state index < -0.39 is 0 Å². The number of fused-ring (bicyclic) bond motifs is 1. The number of aromatic nitrogens is 4. The number of amidine groups is 1. The lowest BCUT2D eigenvalue weighted by Crippen LogP contribution is -2.36. The molecule has 2 aliphatic rings. The van der Waals surface area contributed by atoms with E-state index in [0.29, 0.717) is 23.5 Å². The number of aldehydes is 1. The van der Waals surface area contributed by atoms with Gasteiger partial charge in [0.1, 0.15) is 24.0 Å². The van der Waals surface area contributed by atoms with Gasteiger partial charge in [0.25, 0.3) is 0 Å². The second kappa shape index (κ2) is 8.06. The Kier molecular flexibility index (Phi) is 5.31. The zero-order valence-electron chi connectivity index (χ0n) is 17.2. The average molecular weight is 403 g/mol. The summed E-state index contributed by atoms with van der Waals surface area (Å²) in [6, 6.07) is -0.264. The second-order valence-electron chi connectivity index (χ2n) is 7.51. The van der Waals surface area contributed by atoms with Gasteiger partial charge in [-0.05, 0) is 30.9 Å². The molecule has 0 amide bonds. The number of rotatable bonds is 6. The first kappa shape index (κ1) is 19.8. The fraction of sp³-hybridized carbons (Fsp3) is 0.318. The Hall–Kier alpha value is -3.55. The van der Waals surface area contributed by atoms with Crippen LogP contribution in [0.5, 0.6) is 0 Å². The molecule has 2 unspecified atom stereocenters. The average Bonchev–Trinajstić information content (AvgIpc) is 3.17. The van der Waals surface area contributed by atoms with E-state index in [-0.39, 0.29) is 12.0 Å². The molecule has 0 aromatic carbocycles. The summed E-state index contributed by atoms with van der Waals surface area (Å²) in [7, 11) is 0. The fourth-order valence-electron chi connectivity index (χ4n) is 3.82. The molecule has 4 rings (SSSR count). The van der Waals surface area contributed by atoms with Gasteiger partial charge in [0, 0.05) is 17.8 Å². The van der Waals surface area contributed by atoms with Gasteiger partial charge in [0.15, 0.2) is 11.5 Å². The molecule has 154 valence electrons. The van der Waals surface area contributed by atoms with Crippen LogP contribution in [-0.4, -0.2) is 42.6 Å². The van der Waals surface area contributed by atoms with Crippen LogP contribution in [0.15, 0.2) is 65.5 Å². The largest absolute Gasteiger partial charge is 0.382 e. The molecule has 1 aliphatic carbocycles. The molecule has 0 spiro atoms. The number of aliphatic imine (C=N–C) groups is 1. The number of carbonyl (C=O) groups excluding carboxylic acids is 1. The van der Waals surface area contributed by atoms with Crippen LogP contribution in [0.25, 0.3) is 11.2 Å². The monoisotopic (exact) mass is 403 g/mol. The van der Waals surface area contributed by atoms with Crippen molar-refractivity contribution in [1.29, 1.82) is 0 Å². The van der Waals surface area contributed by atoms with Crippen LogP contribution < -0.4 is 5.73 Å². The van der Waals surface area contributed by atoms with Crippen molar-refractivity contribution in [2.45, 2.75) is 39.3 Å². The van der Waals surface area contributed by atoms with E-state index in [0.717, 1.165) is 36.2 Å². The van der Waals surface area contributed by atoms with Crippen molar-refractivity contribution < 1.29 is 4.79 Å². The highest BCUT2D eigenvalue weighted by Crippen LogP contribution is 2.30. The Bertz CT molecular complexity index is 1120. The van der Waals surface area contributed by atoms with Gasteiger partial charge in [0.05, 0.1) is 18.9 Å². The standard InChI is InChI=1S/C22H25N7O/c1-4-17-16(15(3)11-30)9-29(18-8-6-5-7-14(18)2)19(27-17)10-28-13-26-20-21(23)24-12-25-22(20)28/h4,7-9,11-13,15,17H,1,5-6,10H2,2-3H3,(H2,23,24,25). The molecule has 8 heteroatoms. The van der Waals surface area contributed by atoms with Crippen molar-refractivity contribution in [3.05, 3.63) is 60.5 Å². The Morgan fingerprint density at radius 1 is 1.30 bits per heavy atom. The Balaban J connectivity index is 1.78. The number of nitrogens with zero attached hydrogens (tertiary/aromatic N) is 6. The summed E-state index contributed by atoms with van der Waals surface area (Å²) < 4.78 is 1.91. The highest BCUT2D eigenvalue weighted by molar-refractivity contribution is 5.89. The third kappa shape index (κ3) is 3.45. The van der Waals surface area contributed by atoms with Crippen LogP contribution in [-0.2, 0) is 11.3 Å². The second-order valence-corrected chi connectivity index (χ2v) is 7.51. The van der Waals surface area contributed by atoms with Gasteiger partial charge >= 0.3 is 0 Å². The summed E-state index contributed by atoms with van der Waals surface area (Å²) >= 11 is 0. The number of nitrogen functional groups attached to an aromatic ring is 1. The van der Waals surface area contributed by atoms with Crippen LogP contribution in [0, 0.1) is 5.92 Å². The van der Waals surface area contributed by atoms with Gasteiger partial charge in [-0.2, -0.15) is 0 Å². The molecule has 2 atom stereocenters. The Morgan fingerprint density at radius 3 is 2.83 bits per heavy atom. The summed E-state index contributed by atoms with van der Waals surface area (Å²) in [4.78, 5) is 31.3. The third-order valence-corrected chi connectivity index (χ3v) is 5.50. The highest BCUT2D eigenvalue weighted by atomic mass is 16.1. The van der Waals surface area contributed by atoms with E-state index in [4.69, 9.17) is 10.7 Å². The van der Waals surface area contributed by atoms with E-state index in [9.17, 15) is 4.79 Å². The Morgan fingerprint density at radius 2 is 2.10 bits per heavy atom. The van der Waals surface area contributed by atoms with Crippen LogP contribution in [0.4, 0.5) is 5.82 Å². The van der Waals surface area contributed by atoms with Crippen LogP contribution in [0.3, 0.4) is 0 Å². The summed E-state index contributed by atoms with van der Waals surface area (Å²) in [5.41, 5.74) is 10.3. The smallest absolute Gasteiger partial charge is 0.165 e. The van der Waals surface area contributed by atoms with Crippen LogP contribution in [0.1, 0.15) is 26.7 Å². The van der Waals surface area contributed by atoms with Crippen molar-refractivity contribution in [1.82, 2.24) is 24.4 Å². The summed E-state index contributed by atoms with van der Waals surface area (Å²) in [6.07, 6.45) is 14.3. The summed E-state index contributed by atoms with van der Waals surface area (Å²) in [6.45, 7) is 8.36. The van der Waals surface area contributed by atoms with E-state index >= 15 is 0 Å². The molecule has 2 aromatic rings. The maximum atomic E-state index is 11.5. The molecular weight excluding hydrogens is 378 g/mol. The third-order valence-electron chi connectivity index (χ3n) is 5.50. The van der Waals surface area contributed by atoms with Crippen LogP contribution in [0.2, 0.25) is 0 Å². The van der Waals surface area contributed by atoms with Gasteiger partial charge in [-0.25, -0.2) is 15.0 Å². The van der Waals surface area contributed by atoms with E-state index in [1.807, 2.05) is 17.7 Å². The normalized spacial score (nSPS) is 20.2. The zero-order chi connectivity index (χ0) is 21.3. The Labute approximate surface area is 175 Å². The molecule has 0 fully saturated rings. The number of nitrogens with two attached hydrogens (primary N) is 1. The number of allylic oxidation sites excluding steroid dienone is 3. The fourth-order valence-corrected chi connectivity index (χ4v) is 3.82. The van der Waals surface area contributed by atoms with Crippen molar-refractivity contribution in [2.24, 2.45) is 10.9 Å². The minimum Gasteiger partial charge on any atom is -0.382 e. The van der Waals surface area contributed by atoms with E-state index in [1.54, 1.807) is 12.4 Å². The molecular formula is C22H25N7O. The number of hydrogen-bond donors (Lipinski definition) is 1. The maximum Gasteiger partial charge on any atom is 0.165 e. The molecule has 8 nitrogen and oxygen atoms in total. The lowest BCUT2D eigenvalue weighted by atomic mass is 9.94. The summed E-state index contributed by atoms with van der Waals surface area (Å²) in [5.74, 6) is 0.913. The molecule has 0 radical (unpaired) electrons. The number of imidazole rings is 1. The number of anilines is 1. The highest BCUT2D eigenvalue weighted by Gasteiger charge is 2.28. The predicted molar refractivity (Wildman–Crippen MR) is 117 cm³/mol. The molecule has 0 saturated heterocycles. The van der Waals surface area contributed by atoms with E-state index in [2.05, 4.69) is 45.5 Å². The molecule has 2 aromatic heterocycles. The molecule has 0 saturated carbocycles. The minimum absolute atomic E-state index is 0.254. The quantitative estimate of drug-likeness (QED) is 0.587. The number of carbonyl (C=O) groups is 1. The first-order chi connectivity index (χ1) is 14.5. The molecule has 30 heavy (non-hydrogen) atoms. The molecule has 1 aliphatic heterocycles. The summed E-state index contributed by atoms with van der Waals surface area (Å²) in [5, 5.41) is 0. The number of hydrogen-bond acceptors (Lipinski definition) is 7. The van der Waals surface area contributed by atoms with E-state index in [1.165, 1.54) is 11.9 Å². The van der Waals surface area contributed by atoms with Gasteiger partial charge in [-0.3, -0.25) is 4.99 Å². The first-order valence-corrected chi connectivity index (χ1v) is 9.97. The van der Waals surface area contributed by atoms with Gasteiger partial charge in [-0.15, -0.1) is 6.58 Å². The van der Waals surface area contributed by atoms with Crippen molar-refractivity contribution in [3.8, 4) is 0 Å². The van der Waals surface area contributed by atoms with Gasteiger partial charge < -0.3 is 20.0 Å². The van der Waals surface area contributed by atoms with Crippen LogP contribution >= 0.6 is 0 Å². The van der Waals surface area contributed by atoms with Gasteiger partial charge in [0.2, 0.25) is 0 Å². The van der Waals surface area contributed by atoms with Crippen molar-refractivity contribution in [2.75, 3.05) is 5.73 Å². The van der Waals surface area contributed by atoms with Crippen molar-refractivity contribution >= 4 is 29.1 Å². The maximum absolute atomic E-state index is 11.5. The minimum atomic E-state index is -0.264. The topological polar surface area (TPSA) is 102 Å². The lowest BCUT2D eigenvalue weighted by molar-refractivity contribution is -0.109. The molecule has 2 N–H and O–H groups in total. The zero-order valence-corrected chi connectivity index (χ0v) is 17.2. The van der Waals surface area contributed by atoms with Crippen molar-refractivity contribution in [3.63, 3.8) is 0 Å².